The number of benzene rings is 1. The minimum atomic E-state index is -0.0888. The molecule has 0 spiro atoms. The molecule has 0 fully saturated rings. The first-order valence-electron chi connectivity index (χ1n) is 5.38. The van der Waals surface area contributed by atoms with E-state index < -0.39 is 0 Å². The molecule has 3 N–H and O–H groups in total. The van der Waals surface area contributed by atoms with Gasteiger partial charge in [-0.3, -0.25) is 4.79 Å². The van der Waals surface area contributed by atoms with Gasteiger partial charge < -0.3 is 11.1 Å². The Morgan fingerprint density at radius 2 is 2.19 bits per heavy atom. The van der Waals surface area contributed by atoms with Crippen molar-refractivity contribution in [3.05, 3.63) is 27.8 Å². The van der Waals surface area contributed by atoms with E-state index in [1.54, 1.807) is 0 Å². The summed E-state index contributed by atoms with van der Waals surface area (Å²) >= 11 is 6.24. The molecule has 1 aromatic rings. The normalized spacial score (nSPS) is 16.6. The topological polar surface area (TPSA) is 55.1 Å². The van der Waals surface area contributed by atoms with E-state index in [1.165, 1.54) is 0 Å². The van der Waals surface area contributed by atoms with Crippen molar-refractivity contribution >= 4 is 23.2 Å². The molecule has 0 bridgehead atoms. The first kappa shape index (κ1) is 11.4. The van der Waals surface area contributed by atoms with Crippen molar-refractivity contribution in [2.75, 3.05) is 5.32 Å². The lowest BCUT2D eigenvalue weighted by Crippen LogP contribution is -2.21. The first-order valence-corrected chi connectivity index (χ1v) is 5.75. The zero-order valence-electron chi connectivity index (χ0n) is 9.43. The highest BCUT2D eigenvalue weighted by molar-refractivity contribution is 6.32. The Kier molecular flexibility index (Phi) is 2.91. The van der Waals surface area contributed by atoms with Gasteiger partial charge >= 0.3 is 0 Å². The van der Waals surface area contributed by atoms with Gasteiger partial charge in [-0.1, -0.05) is 17.7 Å². The van der Waals surface area contributed by atoms with Crippen molar-refractivity contribution in [3.8, 4) is 0 Å². The van der Waals surface area contributed by atoms with Gasteiger partial charge in [0.1, 0.15) is 0 Å². The van der Waals surface area contributed by atoms with E-state index >= 15 is 0 Å². The molecular formula is C12H15ClN2O. The Hall–Kier alpha value is -1.06. The van der Waals surface area contributed by atoms with Crippen LogP contribution in [0.25, 0.3) is 0 Å². The predicted octanol–water partition coefficient (Wildman–Crippen LogP) is 2.55. The predicted molar refractivity (Wildman–Crippen MR) is 65.7 cm³/mol. The second-order valence-electron chi connectivity index (χ2n) is 4.28. The lowest BCUT2D eigenvalue weighted by molar-refractivity contribution is -0.116. The zero-order valence-corrected chi connectivity index (χ0v) is 10.2. The number of nitrogens with one attached hydrogen (secondary N) is 1. The van der Waals surface area contributed by atoms with Crippen molar-refractivity contribution < 1.29 is 4.79 Å². The number of halogens is 1. The fraction of sp³-hybridized carbons (Fsp3) is 0.417. The molecule has 0 aromatic heterocycles. The molecule has 3 nitrogen and oxygen atoms in total. The minimum absolute atomic E-state index is 0.0558. The molecule has 2 rings (SSSR count). The van der Waals surface area contributed by atoms with Crippen LogP contribution in [-0.4, -0.2) is 5.91 Å². The summed E-state index contributed by atoms with van der Waals surface area (Å²) in [5.41, 5.74) is 9.74. The number of fused-ring (bicyclic) bond motifs is 1. The third kappa shape index (κ3) is 1.81. The molecule has 1 amide bonds. The molecule has 1 aliphatic rings. The Morgan fingerprint density at radius 1 is 1.50 bits per heavy atom. The van der Waals surface area contributed by atoms with Crippen LogP contribution < -0.4 is 11.1 Å². The number of carbonyl (C=O) groups excluding carboxylic acids is 1. The van der Waals surface area contributed by atoms with Gasteiger partial charge in [0.15, 0.2) is 0 Å². The molecule has 1 heterocycles. The summed E-state index contributed by atoms with van der Waals surface area (Å²) in [5.74, 6) is 0.0558. The summed E-state index contributed by atoms with van der Waals surface area (Å²) in [4.78, 5) is 11.3. The van der Waals surface area contributed by atoms with Gasteiger partial charge in [0.05, 0.1) is 5.02 Å². The highest BCUT2D eigenvalue weighted by Gasteiger charge is 2.21. The van der Waals surface area contributed by atoms with E-state index in [9.17, 15) is 4.79 Å². The van der Waals surface area contributed by atoms with E-state index in [1.807, 2.05) is 19.9 Å². The van der Waals surface area contributed by atoms with Crippen LogP contribution in [0.4, 0.5) is 5.69 Å². The fourth-order valence-electron chi connectivity index (χ4n) is 2.04. The summed E-state index contributed by atoms with van der Waals surface area (Å²) in [6.45, 7) is 3.83. The summed E-state index contributed by atoms with van der Waals surface area (Å²) in [5, 5.41) is 3.53. The molecule has 16 heavy (non-hydrogen) atoms. The maximum absolute atomic E-state index is 11.3. The van der Waals surface area contributed by atoms with Gasteiger partial charge in [0.25, 0.3) is 0 Å². The van der Waals surface area contributed by atoms with Gasteiger partial charge in [-0.15, -0.1) is 0 Å². The first-order chi connectivity index (χ1) is 7.50. The average Bonchev–Trinajstić information content (AvgIpc) is 2.23. The Balaban J connectivity index is 2.58. The van der Waals surface area contributed by atoms with E-state index in [2.05, 4.69) is 5.32 Å². The number of aryl methyl sites for hydroxylation is 1. The van der Waals surface area contributed by atoms with Gasteiger partial charge in [0.2, 0.25) is 5.91 Å². The van der Waals surface area contributed by atoms with E-state index in [4.69, 9.17) is 17.3 Å². The van der Waals surface area contributed by atoms with Crippen molar-refractivity contribution in [2.45, 2.75) is 32.7 Å². The number of hydrogen-bond acceptors (Lipinski definition) is 2. The molecular weight excluding hydrogens is 224 g/mol. The average molecular weight is 239 g/mol. The third-order valence-electron chi connectivity index (χ3n) is 2.98. The van der Waals surface area contributed by atoms with Gasteiger partial charge in [0, 0.05) is 18.2 Å². The minimum Gasteiger partial charge on any atom is -0.326 e. The largest absolute Gasteiger partial charge is 0.326 e. The molecule has 86 valence electrons. The molecule has 0 saturated carbocycles. The van der Waals surface area contributed by atoms with E-state index in [0.29, 0.717) is 11.4 Å². The van der Waals surface area contributed by atoms with Crippen LogP contribution in [0.2, 0.25) is 5.02 Å². The molecule has 0 radical (unpaired) electrons. The monoisotopic (exact) mass is 238 g/mol. The number of amides is 1. The van der Waals surface area contributed by atoms with Crippen LogP contribution in [0.1, 0.15) is 36.1 Å². The fourth-order valence-corrected chi connectivity index (χ4v) is 2.36. The molecule has 0 aliphatic carbocycles. The number of hydrogen-bond donors (Lipinski definition) is 2. The van der Waals surface area contributed by atoms with Gasteiger partial charge in [-0.05, 0) is 37.0 Å². The quantitative estimate of drug-likeness (QED) is 0.790. The van der Waals surface area contributed by atoms with Crippen LogP contribution in [0, 0.1) is 6.92 Å². The highest BCUT2D eigenvalue weighted by atomic mass is 35.5. The van der Waals surface area contributed by atoms with E-state index in [-0.39, 0.29) is 11.9 Å². The second kappa shape index (κ2) is 4.07. The zero-order chi connectivity index (χ0) is 11.9. The van der Waals surface area contributed by atoms with Crippen LogP contribution in [0.3, 0.4) is 0 Å². The third-order valence-corrected chi connectivity index (χ3v) is 3.49. The van der Waals surface area contributed by atoms with E-state index in [0.717, 1.165) is 28.8 Å². The van der Waals surface area contributed by atoms with Crippen molar-refractivity contribution in [1.29, 1.82) is 0 Å². The molecule has 1 atom stereocenters. The SMILES string of the molecule is Cc1c(Cl)c(C(C)N)cc2c1NC(=O)CC2. The Morgan fingerprint density at radius 3 is 2.81 bits per heavy atom. The van der Waals surface area contributed by atoms with Gasteiger partial charge in [-0.25, -0.2) is 0 Å². The summed E-state index contributed by atoms with van der Waals surface area (Å²) in [6, 6.07) is 1.92. The maximum Gasteiger partial charge on any atom is 0.224 e. The van der Waals surface area contributed by atoms with Crippen molar-refractivity contribution in [3.63, 3.8) is 0 Å². The lowest BCUT2D eigenvalue weighted by Gasteiger charge is -2.22. The number of carbonyl (C=O) groups is 1. The second-order valence-corrected chi connectivity index (χ2v) is 4.65. The molecule has 4 heteroatoms. The summed E-state index contributed by atoms with van der Waals surface area (Å²) < 4.78 is 0. The molecule has 1 aliphatic heterocycles. The number of anilines is 1. The summed E-state index contributed by atoms with van der Waals surface area (Å²) in [6.07, 6.45) is 1.30. The lowest BCUT2D eigenvalue weighted by atomic mass is 9.94. The molecule has 1 aromatic carbocycles. The highest BCUT2D eigenvalue weighted by Crippen LogP contribution is 2.36. The molecule has 0 saturated heterocycles. The van der Waals surface area contributed by atoms with Crippen LogP contribution >= 0.6 is 11.6 Å². The van der Waals surface area contributed by atoms with Crippen molar-refractivity contribution in [2.24, 2.45) is 5.73 Å². The summed E-state index contributed by atoms with van der Waals surface area (Å²) in [7, 11) is 0. The van der Waals surface area contributed by atoms with Crippen LogP contribution in [0.5, 0.6) is 0 Å². The Labute approximate surface area is 100.0 Å². The van der Waals surface area contributed by atoms with Gasteiger partial charge in [-0.2, -0.15) is 0 Å². The maximum atomic E-state index is 11.3. The smallest absolute Gasteiger partial charge is 0.224 e. The molecule has 1 unspecified atom stereocenters. The van der Waals surface area contributed by atoms with Crippen LogP contribution in [-0.2, 0) is 11.2 Å². The standard InChI is InChI=1S/C12H15ClN2O/c1-6-11(13)9(7(2)14)5-8-3-4-10(16)15-12(6)8/h5,7H,3-4,14H2,1-2H3,(H,15,16). The van der Waals surface area contributed by atoms with Crippen molar-refractivity contribution in [1.82, 2.24) is 0 Å². The van der Waals surface area contributed by atoms with Crippen LogP contribution in [0.15, 0.2) is 6.07 Å². The number of nitrogens with two attached hydrogens (primary N) is 1. The Bertz CT molecular complexity index is 455. The number of rotatable bonds is 1.